The van der Waals surface area contributed by atoms with Gasteiger partial charge in [0.15, 0.2) is 18.0 Å². The van der Waals surface area contributed by atoms with E-state index in [9.17, 15) is 14.0 Å². The summed E-state index contributed by atoms with van der Waals surface area (Å²) in [5.74, 6) is 0.358. The van der Waals surface area contributed by atoms with Crippen LogP contribution < -0.4 is 25.4 Å². The molecule has 0 saturated heterocycles. The Kier molecular flexibility index (Phi) is 5.65. The van der Waals surface area contributed by atoms with Crippen molar-refractivity contribution >= 4 is 17.6 Å². The lowest BCUT2D eigenvalue weighted by Gasteiger charge is -2.18. The molecule has 7 nitrogen and oxygen atoms in total. The highest BCUT2D eigenvalue weighted by Gasteiger charge is 2.14. The highest BCUT2D eigenvalue weighted by atomic mass is 19.1. The van der Waals surface area contributed by atoms with Crippen molar-refractivity contribution in [2.24, 2.45) is 0 Å². The molecular formula is C18H19FN3O4+. The summed E-state index contributed by atoms with van der Waals surface area (Å²) in [6.07, 6.45) is 0. The van der Waals surface area contributed by atoms with Gasteiger partial charge in [-0.1, -0.05) is 18.2 Å². The van der Waals surface area contributed by atoms with Crippen LogP contribution in [0.1, 0.15) is 5.56 Å². The lowest BCUT2D eigenvalue weighted by molar-refractivity contribution is -0.660. The molecule has 0 atom stereocenters. The van der Waals surface area contributed by atoms with Crippen LogP contribution in [-0.4, -0.2) is 31.7 Å². The normalized spacial score (nSPS) is 12.3. The first-order valence-corrected chi connectivity index (χ1v) is 8.17. The maximum Gasteiger partial charge on any atom is 0.326 e. The molecule has 0 aromatic heterocycles. The lowest BCUT2D eigenvalue weighted by Crippen LogP contribution is -2.85. The number of urea groups is 1. The van der Waals surface area contributed by atoms with Crippen molar-refractivity contribution in [1.82, 2.24) is 5.32 Å². The fourth-order valence-corrected chi connectivity index (χ4v) is 2.48. The first-order chi connectivity index (χ1) is 12.6. The number of anilines is 1. The maximum atomic E-state index is 13.5. The molecule has 26 heavy (non-hydrogen) atoms. The standard InChI is InChI=1S/C18H18FN3O4/c19-14-4-2-1-3-12(14)10-20-11-17(23)22-18(24)21-13-5-6-15-16(9-13)26-8-7-25-15/h1-6,9,20H,7-8,10-11H2,(H2,21,22,23,24)/p+1. The van der Waals surface area contributed by atoms with Crippen LogP contribution in [0.4, 0.5) is 14.9 Å². The van der Waals surface area contributed by atoms with Gasteiger partial charge >= 0.3 is 6.03 Å². The largest absolute Gasteiger partial charge is 0.486 e. The van der Waals surface area contributed by atoms with Crippen molar-refractivity contribution in [2.45, 2.75) is 6.54 Å². The summed E-state index contributed by atoms with van der Waals surface area (Å²) in [4.78, 5) is 23.7. The molecule has 1 heterocycles. The number of carbonyl (C=O) groups excluding carboxylic acids is 2. The van der Waals surface area contributed by atoms with Gasteiger partial charge in [0.1, 0.15) is 25.6 Å². The molecule has 0 aliphatic carbocycles. The molecule has 0 bridgehead atoms. The Morgan fingerprint density at radius 3 is 2.65 bits per heavy atom. The zero-order valence-electron chi connectivity index (χ0n) is 14.0. The summed E-state index contributed by atoms with van der Waals surface area (Å²) >= 11 is 0. The van der Waals surface area contributed by atoms with Crippen LogP contribution in [0.15, 0.2) is 42.5 Å². The second-order valence-corrected chi connectivity index (χ2v) is 5.65. The Hall–Kier alpha value is -3.13. The minimum absolute atomic E-state index is 0.00287. The smallest absolute Gasteiger partial charge is 0.326 e. The number of amides is 3. The second-order valence-electron chi connectivity index (χ2n) is 5.65. The number of halogens is 1. The predicted octanol–water partition coefficient (Wildman–Crippen LogP) is 1.01. The molecule has 2 aromatic rings. The van der Waals surface area contributed by atoms with Crippen LogP contribution in [0.5, 0.6) is 11.5 Å². The van der Waals surface area contributed by atoms with E-state index in [1.807, 2.05) is 0 Å². The first kappa shape index (κ1) is 17.7. The topological polar surface area (TPSA) is 93.3 Å². The molecule has 0 fully saturated rings. The summed E-state index contributed by atoms with van der Waals surface area (Å²) in [5, 5.41) is 6.40. The summed E-state index contributed by atoms with van der Waals surface area (Å²) in [7, 11) is 0. The van der Waals surface area contributed by atoms with Crippen molar-refractivity contribution in [3.63, 3.8) is 0 Å². The highest BCUT2D eigenvalue weighted by Crippen LogP contribution is 2.32. The number of benzene rings is 2. The third-order valence-electron chi connectivity index (χ3n) is 3.70. The van der Waals surface area contributed by atoms with E-state index in [1.54, 1.807) is 41.7 Å². The molecule has 0 spiro atoms. The summed E-state index contributed by atoms with van der Waals surface area (Å²) in [6, 6.07) is 10.7. The molecule has 0 unspecified atom stereocenters. The molecule has 8 heteroatoms. The Labute approximate surface area is 149 Å². The van der Waals surface area contributed by atoms with E-state index in [4.69, 9.17) is 9.47 Å². The molecule has 3 rings (SSSR count). The molecule has 0 radical (unpaired) electrons. The van der Waals surface area contributed by atoms with Gasteiger partial charge in [-0.3, -0.25) is 10.1 Å². The fourth-order valence-electron chi connectivity index (χ4n) is 2.48. The molecule has 2 aromatic carbocycles. The van der Waals surface area contributed by atoms with Gasteiger partial charge in [-0.15, -0.1) is 0 Å². The molecule has 136 valence electrons. The van der Waals surface area contributed by atoms with Crippen LogP contribution in [0.3, 0.4) is 0 Å². The summed E-state index contributed by atoms with van der Waals surface area (Å²) < 4.78 is 24.3. The Morgan fingerprint density at radius 2 is 1.85 bits per heavy atom. The quantitative estimate of drug-likeness (QED) is 0.742. The van der Waals surface area contributed by atoms with Crippen molar-refractivity contribution in [2.75, 3.05) is 25.1 Å². The molecule has 4 N–H and O–H groups in total. The van der Waals surface area contributed by atoms with Crippen LogP contribution in [0.2, 0.25) is 0 Å². The number of rotatable bonds is 5. The monoisotopic (exact) mass is 360 g/mol. The minimum atomic E-state index is -0.647. The Morgan fingerprint density at radius 1 is 1.08 bits per heavy atom. The Bertz CT molecular complexity index is 813. The van der Waals surface area contributed by atoms with Crippen LogP contribution >= 0.6 is 0 Å². The third-order valence-corrected chi connectivity index (χ3v) is 3.70. The number of ether oxygens (including phenoxy) is 2. The molecule has 1 aliphatic rings. The maximum absolute atomic E-state index is 13.5. The van der Waals surface area contributed by atoms with E-state index in [2.05, 4.69) is 10.6 Å². The highest BCUT2D eigenvalue weighted by molar-refractivity contribution is 6.01. The van der Waals surface area contributed by atoms with Crippen LogP contribution in [0.25, 0.3) is 0 Å². The number of quaternary nitrogens is 1. The van der Waals surface area contributed by atoms with Gasteiger partial charge < -0.3 is 20.1 Å². The number of fused-ring (bicyclic) bond motifs is 1. The van der Waals surface area contributed by atoms with E-state index in [0.29, 0.717) is 42.5 Å². The van der Waals surface area contributed by atoms with E-state index < -0.39 is 11.9 Å². The number of imide groups is 1. The van der Waals surface area contributed by atoms with Gasteiger partial charge in [0, 0.05) is 17.3 Å². The number of nitrogens with two attached hydrogens (primary N) is 1. The van der Waals surface area contributed by atoms with Gasteiger partial charge in [-0.25, -0.2) is 9.18 Å². The molecule has 0 saturated carbocycles. The number of carbonyl (C=O) groups is 2. The van der Waals surface area contributed by atoms with E-state index in [-0.39, 0.29) is 12.4 Å². The van der Waals surface area contributed by atoms with Crippen molar-refractivity contribution in [1.29, 1.82) is 0 Å². The molecular weight excluding hydrogens is 341 g/mol. The SMILES string of the molecule is O=C(C[NH2+]Cc1ccccc1F)NC(=O)Nc1ccc2c(c1)OCCO2. The average Bonchev–Trinajstić information content (AvgIpc) is 2.63. The zero-order valence-corrected chi connectivity index (χ0v) is 14.0. The summed E-state index contributed by atoms with van der Waals surface area (Å²) in [6.45, 7) is 1.24. The van der Waals surface area contributed by atoms with Crippen molar-refractivity contribution in [3.05, 3.63) is 53.8 Å². The van der Waals surface area contributed by atoms with Crippen molar-refractivity contribution < 1.29 is 28.8 Å². The van der Waals surface area contributed by atoms with Gasteiger partial charge in [0.2, 0.25) is 0 Å². The average molecular weight is 360 g/mol. The van der Waals surface area contributed by atoms with Gasteiger partial charge in [-0.2, -0.15) is 0 Å². The molecule has 3 amide bonds. The minimum Gasteiger partial charge on any atom is -0.486 e. The lowest BCUT2D eigenvalue weighted by atomic mass is 10.2. The number of nitrogens with one attached hydrogen (secondary N) is 2. The van der Waals surface area contributed by atoms with E-state index >= 15 is 0 Å². The van der Waals surface area contributed by atoms with E-state index in [1.165, 1.54) is 6.07 Å². The fraction of sp³-hybridized carbons (Fsp3) is 0.222. The van der Waals surface area contributed by atoms with Crippen LogP contribution in [0, 0.1) is 5.82 Å². The predicted molar refractivity (Wildman–Crippen MR) is 91.5 cm³/mol. The van der Waals surface area contributed by atoms with Gasteiger partial charge in [0.05, 0.1) is 0 Å². The Balaban J connectivity index is 1.44. The summed E-state index contributed by atoms with van der Waals surface area (Å²) in [5.41, 5.74) is 0.982. The first-order valence-electron chi connectivity index (χ1n) is 8.17. The third kappa shape index (κ3) is 4.70. The van der Waals surface area contributed by atoms with E-state index in [0.717, 1.165) is 0 Å². The number of hydrogen-bond acceptors (Lipinski definition) is 4. The van der Waals surface area contributed by atoms with Gasteiger partial charge in [0.25, 0.3) is 5.91 Å². The number of hydrogen-bond donors (Lipinski definition) is 3. The zero-order chi connectivity index (χ0) is 18.4. The van der Waals surface area contributed by atoms with Gasteiger partial charge in [-0.05, 0) is 18.2 Å². The van der Waals surface area contributed by atoms with Crippen molar-refractivity contribution in [3.8, 4) is 11.5 Å². The molecule has 1 aliphatic heterocycles. The van der Waals surface area contributed by atoms with Crippen LogP contribution in [-0.2, 0) is 11.3 Å². The second kappa shape index (κ2) is 8.30.